The summed E-state index contributed by atoms with van der Waals surface area (Å²) in [5.74, 6) is 0.0979. The molecule has 2 rings (SSSR count). The molecule has 1 aliphatic carbocycles. The molecule has 0 radical (unpaired) electrons. The Morgan fingerprint density at radius 1 is 1.33 bits per heavy atom. The van der Waals surface area contributed by atoms with Crippen molar-refractivity contribution in [3.63, 3.8) is 0 Å². The van der Waals surface area contributed by atoms with Gasteiger partial charge >= 0.3 is 5.97 Å². The van der Waals surface area contributed by atoms with E-state index in [1.165, 1.54) is 25.7 Å². The zero-order chi connectivity index (χ0) is 15.5. The lowest BCUT2D eigenvalue weighted by Gasteiger charge is -2.31. The highest BCUT2D eigenvalue weighted by atomic mass is 32.2. The van der Waals surface area contributed by atoms with Gasteiger partial charge in [-0.25, -0.2) is 13.1 Å². The Morgan fingerprint density at radius 2 is 1.95 bits per heavy atom. The minimum Gasteiger partial charge on any atom is -0.469 e. The largest absolute Gasteiger partial charge is 0.469 e. The number of carbonyl (C=O) groups excluding carboxylic acids is 1. The van der Waals surface area contributed by atoms with E-state index in [9.17, 15) is 13.2 Å². The van der Waals surface area contributed by atoms with Crippen LogP contribution in [0.3, 0.4) is 0 Å². The van der Waals surface area contributed by atoms with Gasteiger partial charge in [-0.3, -0.25) is 4.79 Å². The van der Waals surface area contributed by atoms with Gasteiger partial charge in [0.2, 0.25) is 10.0 Å². The molecule has 1 aromatic carbocycles. The normalized spacial score (nSPS) is 17.0. The summed E-state index contributed by atoms with van der Waals surface area (Å²) in [5, 5.41) is 0. The van der Waals surface area contributed by atoms with E-state index in [1.54, 1.807) is 12.1 Å². The van der Waals surface area contributed by atoms with Crippen molar-refractivity contribution in [1.29, 1.82) is 0 Å². The Morgan fingerprint density at radius 3 is 2.43 bits per heavy atom. The first-order valence-electron chi connectivity index (χ1n) is 7.10. The van der Waals surface area contributed by atoms with Gasteiger partial charge in [-0.1, -0.05) is 18.6 Å². The van der Waals surface area contributed by atoms with Gasteiger partial charge in [-0.05, 0) is 43.4 Å². The molecule has 6 heteroatoms. The van der Waals surface area contributed by atoms with Gasteiger partial charge in [0.1, 0.15) is 0 Å². The Labute approximate surface area is 125 Å². The summed E-state index contributed by atoms with van der Waals surface area (Å²) < 4.78 is 31.9. The fourth-order valence-electron chi connectivity index (χ4n) is 2.37. The molecule has 1 N–H and O–H groups in total. The zero-order valence-corrected chi connectivity index (χ0v) is 13.2. The summed E-state index contributed by atoms with van der Waals surface area (Å²) in [7, 11) is -2.17. The first kappa shape index (κ1) is 16.0. The fourth-order valence-corrected chi connectivity index (χ4v) is 3.69. The second-order valence-electron chi connectivity index (χ2n) is 5.50. The third kappa shape index (κ3) is 4.04. The van der Waals surface area contributed by atoms with Crippen molar-refractivity contribution in [3.05, 3.63) is 29.8 Å². The number of sulfonamides is 1. The monoisotopic (exact) mass is 311 g/mol. The van der Waals surface area contributed by atoms with Gasteiger partial charge < -0.3 is 4.74 Å². The van der Waals surface area contributed by atoms with Gasteiger partial charge in [0.05, 0.1) is 18.4 Å². The van der Waals surface area contributed by atoms with E-state index in [-0.39, 0.29) is 23.3 Å². The maximum absolute atomic E-state index is 12.3. The zero-order valence-electron chi connectivity index (χ0n) is 12.3. The molecule has 1 aromatic rings. The van der Waals surface area contributed by atoms with Crippen LogP contribution in [-0.2, 0) is 26.0 Å². The molecule has 0 aromatic heterocycles. The molecule has 5 nitrogen and oxygen atoms in total. The first-order chi connectivity index (χ1) is 9.92. The van der Waals surface area contributed by atoms with E-state index in [1.807, 2.05) is 6.92 Å². The smallest absolute Gasteiger partial charge is 0.309 e. The van der Waals surface area contributed by atoms with E-state index in [0.29, 0.717) is 5.92 Å². The Hall–Kier alpha value is -1.40. The van der Waals surface area contributed by atoms with Crippen LogP contribution in [0.15, 0.2) is 29.2 Å². The molecule has 0 amide bonds. The number of hydrogen-bond donors (Lipinski definition) is 1. The lowest BCUT2D eigenvalue weighted by Crippen LogP contribution is -2.40. The van der Waals surface area contributed by atoms with Crippen molar-refractivity contribution in [1.82, 2.24) is 4.72 Å². The summed E-state index contributed by atoms with van der Waals surface area (Å²) in [5.41, 5.74) is 0.729. The van der Waals surface area contributed by atoms with E-state index >= 15 is 0 Å². The number of benzene rings is 1. The molecule has 0 saturated heterocycles. The summed E-state index contributed by atoms with van der Waals surface area (Å²) in [6, 6.07) is 6.28. The van der Waals surface area contributed by atoms with Crippen molar-refractivity contribution in [2.45, 2.75) is 43.5 Å². The van der Waals surface area contributed by atoms with Crippen LogP contribution in [0, 0.1) is 5.92 Å². The Kier molecular flexibility index (Phi) is 5.00. The maximum atomic E-state index is 12.3. The number of methoxy groups -OCH3 is 1. The summed E-state index contributed by atoms with van der Waals surface area (Å²) in [4.78, 5) is 11.4. The van der Waals surface area contributed by atoms with Crippen molar-refractivity contribution in [2.24, 2.45) is 5.92 Å². The van der Waals surface area contributed by atoms with Gasteiger partial charge in [0, 0.05) is 6.04 Å². The average Bonchev–Trinajstić information content (AvgIpc) is 2.36. The van der Waals surface area contributed by atoms with Crippen molar-refractivity contribution < 1.29 is 17.9 Å². The van der Waals surface area contributed by atoms with Crippen LogP contribution < -0.4 is 4.72 Å². The molecule has 0 bridgehead atoms. The minimum absolute atomic E-state index is 0.0431. The van der Waals surface area contributed by atoms with Crippen LogP contribution in [-0.4, -0.2) is 27.5 Å². The third-order valence-corrected chi connectivity index (χ3v) is 5.58. The molecule has 0 heterocycles. The minimum atomic E-state index is -3.50. The number of nitrogens with one attached hydrogen (secondary N) is 1. The van der Waals surface area contributed by atoms with Crippen molar-refractivity contribution in [3.8, 4) is 0 Å². The lowest BCUT2D eigenvalue weighted by molar-refractivity contribution is -0.139. The molecule has 1 unspecified atom stereocenters. The molecule has 21 heavy (non-hydrogen) atoms. The molecule has 1 fully saturated rings. The van der Waals surface area contributed by atoms with E-state index in [4.69, 9.17) is 0 Å². The molecular weight excluding hydrogens is 290 g/mol. The van der Waals surface area contributed by atoms with Crippen LogP contribution in [0.1, 0.15) is 31.7 Å². The maximum Gasteiger partial charge on any atom is 0.309 e. The predicted octanol–water partition coefficient (Wildman–Crippen LogP) is 1.87. The van der Waals surface area contributed by atoms with Crippen LogP contribution >= 0.6 is 0 Å². The molecule has 116 valence electrons. The quantitative estimate of drug-likeness (QED) is 0.814. The van der Waals surface area contributed by atoms with E-state index < -0.39 is 10.0 Å². The third-order valence-electron chi connectivity index (χ3n) is 4.01. The SMILES string of the molecule is COC(=O)Cc1ccc(S(=O)(=O)NC(C)C2CCC2)cc1. The molecular formula is C15H21NO4S. The molecule has 0 spiro atoms. The Bertz CT molecular complexity index is 591. The van der Waals surface area contributed by atoms with Crippen molar-refractivity contribution >= 4 is 16.0 Å². The van der Waals surface area contributed by atoms with E-state index in [0.717, 1.165) is 18.4 Å². The second kappa shape index (κ2) is 6.58. The van der Waals surface area contributed by atoms with Gasteiger partial charge in [0.25, 0.3) is 0 Å². The predicted molar refractivity (Wildman–Crippen MR) is 79.3 cm³/mol. The fraction of sp³-hybridized carbons (Fsp3) is 0.533. The average molecular weight is 311 g/mol. The van der Waals surface area contributed by atoms with Crippen LogP contribution in [0.25, 0.3) is 0 Å². The topological polar surface area (TPSA) is 72.5 Å². The highest BCUT2D eigenvalue weighted by Crippen LogP contribution is 2.30. The lowest BCUT2D eigenvalue weighted by atomic mass is 9.81. The Balaban J connectivity index is 2.04. The first-order valence-corrected chi connectivity index (χ1v) is 8.59. The summed E-state index contributed by atoms with van der Waals surface area (Å²) >= 11 is 0. The van der Waals surface area contributed by atoms with Gasteiger partial charge in [-0.15, -0.1) is 0 Å². The standard InChI is InChI=1S/C15H21NO4S/c1-11(13-4-3-5-13)16-21(18,19)14-8-6-12(7-9-14)10-15(17)20-2/h6-9,11,13,16H,3-5,10H2,1-2H3. The highest BCUT2D eigenvalue weighted by molar-refractivity contribution is 7.89. The number of rotatable bonds is 6. The molecule has 1 atom stereocenters. The van der Waals surface area contributed by atoms with Crippen LogP contribution in [0.4, 0.5) is 0 Å². The highest BCUT2D eigenvalue weighted by Gasteiger charge is 2.27. The van der Waals surface area contributed by atoms with Crippen LogP contribution in [0.5, 0.6) is 0 Å². The van der Waals surface area contributed by atoms with Gasteiger partial charge in [-0.2, -0.15) is 0 Å². The summed E-state index contributed by atoms with van der Waals surface area (Å²) in [6.07, 6.45) is 3.49. The number of hydrogen-bond acceptors (Lipinski definition) is 4. The molecule has 1 saturated carbocycles. The van der Waals surface area contributed by atoms with E-state index in [2.05, 4.69) is 9.46 Å². The number of carbonyl (C=O) groups is 1. The summed E-state index contributed by atoms with van der Waals surface area (Å²) in [6.45, 7) is 1.91. The molecule has 0 aliphatic heterocycles. The molecule has 1 aliphatic rings. The van der Waals surface area contributed by atoms with Crippen molar-refractivity contribution in [2.75, 3.05) is 7.11 Å². The second-order valence-corrected chi connectivity index (χ2v) is 7.21. The van der Waals surface area contributed by atoms with Crippen LogP contribution in [0.2, 0.25) is 0 Å². The number of esters is 1. The van der Waals surface area contributed by atoms with Gasteiger partial charge in [0.15, 0.2) is 0 Å². The number of ether oxygens (including phenoxy) is 1.